The van der Waals surface area contributed by atoms with Crippen LogP contribution in [-0.2, 0) is 32.7 Å². The van der Waals surface area contributed by atoms with E-state index in [2.05, 4.69) is 26.0 Å². The van der Waals surface area contributed by atoms with E-state index in [1.165, 1.54) is 302 Å². The molecule has 0 amide bonds. The first-order valence-corrected chi connectivity index (χ1v) is 37.4. The van der Waals surface area contributed by atoms with Crippen molar-refractivity contribution in [2.45, 2.75) is 386 Å². The van der Waals surface area contributed by atoms with Crippen LogP contribution in [0.1, 0.15) is 380 Å². The van der Waals surface area contributed by atoms with Gasteiger partial charge in [-0.25, -0.2) is 4.57 Å². The molecule has 9 nitrogen and oxygen atoms in total. The Bertz CT molecular complexity index is 1370. The predicted octanol–water partition coefficient (Wildman–Crippen LogP) is 23.1. The molecule has 0 saturated carbocycles. The van der Waals surface area contributed by atoms with Gasteiger partial charge in [-0.3, -0.25) is 18.6 Å². The Labute approximate surface area is 505 Å². The van der Waals surface area contributed by atoms with Crippen LogP contribution >= 0.6 is 7.82 Å². The van der Waals surface area contributed by atoms with Crippen molar-refractivity contribution in [1.29, 1.82) is 0 Å². The number of esters is 2. The van der Waals surface area contributed by atoms with E-state index >= 15 is 0 Å². The van der Waals surface area contributed by atoms with Crippen LogP contribution in [0.4, 0.5) is 0 Å². The highest BCUT2D eigenvalue weighted by atomic mass is 31.2. The summed E-state index contributed by atoms with van der Waals surface area (Å²) in [5.41, 5.74) is 0. The largest absolute Gasteiger partial charge is 0.472 e. The Morgan fingerprint density at radius 1 is 0.370 bits per heavy atom. The van der Waals surface area contributed by atoms with Gasteiger partial charge in [-0.05, 0) is 38.5 Å². The molecule has 0 saturated heterocycles. The average molecular weight is 1170 g/mol. The molecule has 0 aromatic carbocycles. The number of likely N-dealkylation sites (N-methyl/N-ethyl adjacent to an activating group) is 1. The third-order valence-electron chi connectivity index (χ3n) is 16.5. The molecule has 0 rings (SSSR count). The summed E-state index contributed by atoms with van der Waals surface area (Å²) in [5, 5.41) is 0. The molecule has 1 N–H and O–H groups in total. The van der Waals surface area contributed by atoms with E-state index in [1.54, 1.807) is 0 Å². The first-order chi connectivity index (χ1) is 39.5. The highest BCUT2D eigenvalue weighted by Crippen LogP contribution is 2.43. The molecule has 81 heavy (non-hydrogen) atoms. The van der Waals surface area contributed by atoms with Crippen LogP contribution in [0.25, 0.3) is 0 Å². The minimum Gasteiger partial charge on any atom is -0.462 e. The SMILES string of the molecule is CCCCCCCC/C=C\CCCCCCCCCC(=O)OC(COC(=O)CCCCCCCCCCCCCCCCCCCCCCCCCCCCCCCCCCCCCCCCCC)COP(=O)(O)OCC[N+](C)(C)C. The molecule has 2 unspecified atom stereocenters. The Hall–Kier alpha value is -1.25. The summed E-state index contributed by atoms with van der Waals surface area (Å²) >= 11 is 0. The van der Waals surface area contributed by atoms with Gasteiger partial charge in [0.2, 0.25) is 0 Å². The second-order valence-electron chi connectivity index (χ2n) is 26.0. The number of carbonyl (C=O) groups is 2. The highest BCUT2D eigenvalue weighted by molar-refractivity contribution is 7.47. The summed E-state index contributed by atoms with van der Waals surface area (Å²) in [6.45, 7) is 4.49. The van der Waals surface area contributed by atoms with Gasteiger partial charge < -0.3 is 18.9 Å². The van der Waals surface area contributed by atoms with Gasteiger partial charge in [-0.15, -0.1) is 0 Å². The Morgan fingerprint density at radius 3 is 0.914 bits per heavy atom. The zero-order chi connectivity index (χ0) is 59.1. The smallest absolute Gasteiger partial charge is 0.462 e. The third-order valence-corrected chi connectivity index (χ3v) is 17.5. The summed E-state index contributed by atoms with van der Waals surface area (Å²) in [5.74, 6) is -0.781. The standard InChI is InChI=1S/C71H140NO8P/c1-6-8-10-12-14-16-18-20-22-24-25-26-27-28-29-30-31-32-33-34-35-36-37-38-39-40-41-42-43-44-45-46-48-49-51-53-55-57-59-61-63-70(73)77-67-69(68-79-81(75,76)78-66-65-72(3,4)5)80-71(74)64-62-60-58-56-54-52-50-47-23-21-19-17-15-13-11-9-7-2/h21,23,69H,6-20,22,24-68H2,1-5H3/p+1/b23-21-. The number of allylic oxidation sites excluding steroid dienone is 2. The van der Waals surface area contributed by atoms with Gasteiger partial charge in [0, 0.05) is 12.8 Å². The first kappa shape index (κ1) is 79.8. The molecule has 0 aliphatic carbocycles. The lowest BCUT2D eigenvalue weighted by molar-refractivity contribution is -0.870. The maximum atomic E-state index is 12.8. The molecule has 2 atom stereocenters. The normalized spacial score (nSPS) is 13.1. The first-order valence-electron chi connectivity index (χ1n) is 35.9. The van der Waals surface area contributed by atoms with Gasteiger partial charge in [-0.2, -0.15) is 0 Å². The quantitative estimate of drug-likeness (QED) is 0.0211. The van der Waals surface area contributed by atoms with Gasteiger partial charge in [0.25, 0.3) is 0 Å². The number of carbonyl (C=O) groups excluding carboxylic acids is 2. The molecule has 0 aliphatic rings. The van der Waals surface area contributed by atoms with E-state index in [1.807, 2.05) is 21.1 Å². The van der Waals surface area contributed by atoms with Crippen molar-refractivity contribution < 1.29 is 42.1 Å². The van der Waals surface area contributed by atoms with Crippen molar-refractivity contribution in [3.63, 3.8) is 0 Å². The summed E-state index contributed by atoms with van der Waals surface area (Å²) < 4.78 is 34.7. The second-order valence-corrected chi connectivity index (χ2v) is 27.4. The summed E-state index contributed by atoms with van der Waals surface area (Å²) in [7, 11) is 1.50. The van der Waals surface area contributed by atoms with Gasteiger partial charge in [0.1, 0.15) is 19.8 Å². The Morgan fingerprint density at radius 2 is 0.630 bits per heavy atom. The van der Waals surface area contributed by atoms with Crippen molar-refractivity contribution in [2.24, 2.45) is 0 Å². The molecule has 0 bridgehead atoms. The lowest BCUT2D eigenvalue weighted by Gasteiger charge is -2.24. The molecule has 0 fully saturated rings. The predicted molar refractivity (Wildman–Crippen MR) is 349 cm³/mol. The fraction of sp³-hybridized carbons (Fsp3) is 0.944. The summed E-state index contributed by atoms with van der Waals surface area (Å²) in [6.07, 6.45) is 77.8. The number of rotatable bonds is 68. The highest BCUT2D eigenvalue weighted by Gasteiger charge is 2.27. The number of phosphoric acid groups is 1. The average Bonchev–Trinajstić information content (AvgIpc) is 3.43. The van der Waals surface area contributed by atoms with Crippen LogP contribution in [-0.4, -0.2) is 74.9 Å². The molecule has 0 spiro atoms. The Balaban J connectivity index is 3.82. The van der Waals surface area contributed by atoms with E-state index in [0.29, 0.717) is 23.9 Å². The van der Waals surface area contributed by atoms with Gasteiger partial charge >= 0.3 is 19.8 Å². The molecule has 0 aromatic heterocycles. The van der Waals surface area contributed by atoms with Crippen molar-refractivity contribution in [2.75, 3.05) is 47.5 Å². The fourth-order valence-corrected chi connectivity index (χ4v) is 11.8. The molecule has 0 heterocycles. The van der Waals surface area contributed by atoms with E-state index in [9.17, 15) is 19.0 Å². The van der Waals surface area contributed by atoms with Crippen molar-refractivity contribution in [3.8, 4) is 0 Å². The topological polar surface area (TPSA) is 108 Å². The van der Waals surface area contributed by atoms with Gasteiger partial charge in [-0.1, -0.05) is 341 Å². The van der Waals surface area contributed by atoms with Crippen LogP contribution in [0.3, 0.4) is 0 Å². The molecular weight excluding hydrogens is 1030 g/mol. The molecule has 482 valence electrons. The van der Waals surface area contributed by atoms with Crippen LogP contribution in [0, 0.1) is 0 Å². The lowest BCUT2D eigenvalue weighted by atomic mass is 10.0. The zero-order valence-corrected chi connectivity index (χ0v) is 56.0. The number of unbranched alkanes of at least 4 members (excludes halogenated alkanes) is 52. The minimum absolute atomic E-state index is 0.0346. The molecule has 10 heteroatoms. The minimum atomic E-state index is -4.38. The van der Waals surface area contributed by atoms with Crippen LogP contribution in [0.2, 0.25) is 0 Å². The van der Waals surface area contributed by atoms with Crippen LogP contribution < -0.4 is 0 Å². The number of hydrogen-bond donors (Lipinski definition) is 1. The lowest BCUT2D eigenvalue weighted by Crippen LogP contribution is -2.37. The number of phosphoric ester groups is 1. The third kappa shape index (κ3) is 67.7. The van der Waals surface area contributed by atoms with Gasteiger partial charge in [0.05, 0.1) is 27.7 Å². The van der Waals surface area contributed by atoms with Crippen molar-refractivity contribution >= 4 is 19.8 Å². The van der Waals surface area contributed by atoms with Gasteiger partial charge in [0.15, 0.2) is 6.10 Å². The summed E-state index contributed by atoms with van der Waals surface area (Å²) in [6, 6.07) is 0. The second kappa shape index (κ2) is 63.3. The van der Waals surface area contributed by atoms with E-state index in [4.69, 9.17) is 18.5 Å². The van der Waals surface area contributed by atoms with E-state index in [-0.39, 0.29) is 25.6 Å². The number of quaternary nitrogens is 1. The van der Waals surface area contributed by atoms with E-state index in [0.717, 1.165) is 44.9 Å². The van der Waals surface area contributed by atoms with Crippen molar-refractivity contribution in [1.82, 2.24) is 0 Å². The van der Waals surface area contributed by atoms with E-state index < -0.39 is 26.5 Å². The zero-order valence-electron chi connectivity index (χ0n) is 55.1. The van der Waals surface area contributed by atoms with Crippen LogP contribution in [0.15, 0.2) is 12.2 Å². The Kier molecular flexibility index (Phi) is 62.3. The molecule has 0 aromatic rings. The monoisotopic (exact) mass is 1170 g/mol. The molecule has 0 radical (unpaired) electrons. The van der Waals surface area contributed by atoms with Crippen molar-refractivity contribution in [3.05, 3.63) is 12.2 Å². The van der Waals surface area contributed by atoms with Crippen LogP contribution in [0.5, 0.6) is 0 Å². The number of hydrogen-bond acceptors (Lipinski definition) is 7. The molecular formula is C71H141NO8P+. The summed E-state index contributed by atoms with van der Waals surface area (Å²) in [4.78, 5) is 35.8. The number of ether oxygens (including phenoxy) is 2. The maximum absolute atomic E-state index is 12.8. The molecule has 0 aliphatic heterocycles. The fourth-order valence-electron chi connectivity index (χ4n) is 11.0. The maximum Gasteiger partial charge on any atom is 0.472 e. The number of nitrogens with zero attached hydrogens (tertiary/aromatic N) is 1.